The zero-order chi connectivity index (χ0) is 20.7. The Morgan fingerprint density at radius 3 is 2.55 bits per heavy atom. The molecule has 0 fully saturated rings. The highest BCUT2D eigenvalue weighted by molar-refractivity contribution is 7.14. The Hall–Kier alpha value is -3.53. The summed E-state index contributed by atoms with van der Waals surface area (Å²) in [5.41, 5.74) is 1.51. The van der Waals surface area contributed by atoms with Gasteiger partial charge in [0.1, 0.15) is 11.0 Å². The molecule has 0 saturated carbocycles. The van der Waals surface area contributed by atoms with Gasteiger partial charge in [0.15, 0.2) is 5.13 Å². The highest BCUT2D eigenvalue weighted by Gasteiger charge is 2.20. The molecule has 148 valence electrons. The molecule has 1 amide bonds. The van der Waals surface area contributed by atoms with Crippen LogP contribution in [0.3, 0.4) is 0 Å². The second-order valence-corrected chi connectivity index (χ2v) is 7.46. The van der Waals surface area contributed by atoms with Gasteiger partial charge in [0.05, 0.1) is 17.8 Å². The Morgan fingerprint density at radius 2 is 1.83 bits per heavy atom. The molecule has 0 unspecified atom stereocenters. The standard InChI is InChI=1S/C19H18N6O3S/c1-23-16-15(17(27)24(2)19(23)28)12(22-25(16)3)9-14(26)21-18-20-13(10-29-18)11-7-5-4-6-8-11/h4-8,10H,9H2,1-3H3,(H,20,21,26). The molecule has 3 aromatic heterocycles. The second kappa shape index (κ2) is 7.13. The zero-order valence-corrected chi connectivity index (χ0v) is 16.9. The number of nitrogens with one attached hydrogen (secondary N) is 1. The summed E-state index contributed by atoms with van der Waals surface area (Å²) in [7, 11) is 4.60. The van der Waals surface area contributed by atoms with E-state index < -0.39 is 11.2 Å². The number of aryl methyl sites for hydroxylation is 2. The predicted molar refractivity (Wildman–Crippen MR) is 111 cm³/mol. The van der Waals surface area contributed by atoms with Gasteiger partial charge in [-0.05, 0) is 0 Å². The monoisotopic (exact) mass is 410 g/mol. The van der Waals surface area contributed by atoms with Gasteiger partial charge in [-0.25, -0.2) is 9.78 Å². The summed E-state index contributed by atoms with van der Waals surface area (Å²) in [6, 6.07) is 9.66. The van der Waals surface area contributed by atoms with E-state index in [1.54, 1.807) is 14.1 Å². The maximum atomic E-state index is 12.6. The highest BCUT2D eigenvalue weighted by atomic mass is 32.1. The third-order valence-electron chi connectivity index (χ3n) is 4.65. The molecular formula is C19H18N6O3S. The third kappa shape index (κ3) is 3.27. The van der Waals surface area contributed by atoms with Gasteiger partial charge < -0.3 is 5.32 Å². The van der Waals surface area contributed by atoms with Crippen molar-refractivity contribution in [2.45, 2.75) is 6.42 Å². The van der Waals surface area contributed by atoms with Crippen molar-refractivity contribution in [2.24, 2.45) is 21.1 Å². The van der Waals surface area contributed by atoms with Crippen LogP contribution in [0, 0.1) is 0 Å². The van der Waals surface area contributed by atoms with Crippen LogP contribution in [0.4, 0.5) is 5.13 Å². The maximum Gasteiger partial charge on any atom is 0.332 e. The van der Waals surface area contributed by atoms with Crippen LogP contribution in [-0.4, -0.2) is 29.8 Å². The lowest BCUT2D eigenvalue weighted by atomic mass is 10.2. The lowest BCUT2D eigenvalue weighted by molar-refractivity contribution is -0.115. The molecule has 3 heterocycles. The molecule has 0 aliphatic carbocycles. The SMILES string of the molecule is Cn1c(=O)c2c(CC(=O)Nc3nc(-c4ccccc4)cs3)nn(C)c2n(C)c1=O. The minimum atomic E-state index is -0.473. The van der Waals surface area contributed by atoms with Gasteiger partial charge in [0.25, 0.3) is 5.56 Å². The van der Waals surface area contributed by atoms with E-state index in [0.29, 0.717) is 16.5 Å². The Labute approximate surface area is 168 Å². The first-order valence-electron chi connectivity index (χ1n) is 8.79. The van der Waals surface area contributed by atoms with E-state index >= 15 is 0 Å². The van der Waals surface area contributed by atoms with E-state index in [9.17, 15) is 14.4 Å². The van der Waals surface area contributed by atoms with Crippen LogP contribution in [-0.2, 0) is 32.4 Å². The van der Waals surface area contributed by atoms with Crippen LogP contribution < -0.4 is 16.6 Å². The van der Waals surface area contributed by atoms with E-state index in [2.05, 4.69) is 15.4 Å². The fourth-order valence-corrected chi connectivity index (χ4v) is 3.99. The number of hydrogen-bond donors (Lipinski definition) is 1. The van der Waals surface area contributed by atoms with E-state index in [0.717, 1.165) is 15.8 Å². The van der Waals surface area contributed by atoms with Crippen molar-refractivity contribution in [3.63, 3.8) is 0 Å². The van der Waals surface area contributed by atoms with Gasteiger partial charge in [0.2, 0.25) is 5.91 Å². The van der Waals surface area contributed by atoms with Crippen molar-refractivity contribution in [1.29, 1.82) is 0 Å². The van der Waals surface area contributed by atoms with E-state index in [-0.39, 0.29) is 17.7 Å². The molecule has 0 bridgehead atoms. The average molecular weight is 410 g/mol. The summed E-state index contributed by atoms with van der Waals surface area (Å²) in [5, 5.41) is 9.65. The summed E-state index contributed by atoms with van der Waals surface area (Å²) in [6.07, 6.45) is -0.106. The number of nitrogens with zero attached hydrogens (tertiary/aromatic N) is 5. The maximum absolute atomic E-state index is 12.6. The molecule has 0 radical (unpaired) electrons. The lowest BCUT2D eigenvalue weighted by Crippen LogP contribution is -2.37. The van der Waals surface area contributed by atoms with Crippen molar-refractivity contribution >= 4 is 33.4 Å². The number of aromatic nitrogens is 5. The smallest absolute Gasteiger partial charge is 0.302 e. The van der Waals surface area contributed by atoms with Gasteiger partial charge in [-0.3, -0.25) is 23.4 Å². The van der Waals surface area contributed by atoms with Gasteiger partial charge in [-0.2, -0.15) is 5.10 Å². The van der Waals surface area contributed by atoms with Crippen LogP contribution in [0.5, 0.6) is 0 Å². The third-order valence-corrected chi connectivity index (χ3v) is 5.41. The summed E-state index contributed by atoms with van der Waals surface area (Å²) in [4.78, 5) is 41.7. The number of carbonyl (C=O) groups excluding carboxylic acids is 1. The largest absolute Gasteiger partial charge is 0.332 e. The molecule has 1 aromatic carbocycles. The molecule has 4 rings (SSSR count). The molecule has 0 saturated heterocycles. The van der Waals surface area contributed by atoms with Gasteiger partial charge in [-0.15, -0.1) is 11.3 Å². The van der Waals surface area contributed by atoms with E-state index in [4.69, 9.17) is 0 Å². The predicted octanol–water partition coefficient (Wildman–Crippen LogP) is 1.28. The average Bonchev–Trinajstić information content (AvgIpc) is 3.29. The molecular weight excluding hydrogens is 392 g/mol. The van der Waals surface area contributed by atoms with Crippen LogP contribution in [0.2, 0.25) is 0 Å². The molecule has 1 N–H and O–H groups in total. The molecule has 0 atom stereocenters. The summed E-state index contributed by atoms with van der Waals surface area (Å²) < 4.78 is 3.80. The van der Waals surface area contributed by atoms with E-state index in [1.807, 2.05) is 35.7 Å². The lowest BCUT2D eigenvalue weighted by Gasteiger charge is -2.05. The quantitative estimate of drug-likeness (QED) is 0.546. The fourth-order valence-electron chi connectivity index (χ4n) is 3.26. The van der Waals surface area contributed by atoms with Crippen molar-refractivity contribution in [3.05, 3.63) is 62.2 Å². The fraction of sp³-hybridized carbons (Fsp3) is 0.211. The number of benzene rings is 1. The Kier molecular flexibility index (Phi) is 4.63. The molecule has 4 aromatic rings. The molecule has 0 aliphatic heterocycles. The van der Waals surface area contributed by atoms with Crippen molar-refractivity contribution < 1.29 is 4.79 Å². The zero-order valence-electron chi connectivity index (χ0n) is 16.0. The van der Waals surface area contributed by atoms with Crippen molar-refractivity contribution in [1.82, 2.24) is 23.9 Å². The summed E-state index contributed by atoms with van der Waals surface area (Å²) >= 11 is 1.32. The minimum absolute atomic E-state index is 0.106. The molecule has 0 spiro atoms. The second-order valence-electron chi connectivity index (χ2n) is 6.60. The Balaban J connectivity index is 1.61. The highest BCUT2D eigenvalue weighted by Crippen LogP contribution is 2.24. The summed E-state index contributed by atoms with van der Waals surface area (Å²) in [5.74, 6) is -0.338. The van der Waals surface area contributed by atoms with Crippen molar-refractivity contribution in [2.75, 3.05) is 5.32 Å². The Morgan fingerprint density at radius 1 is 1.10 bits per heavy atom. The summed E-state index contributed by atoms with van der Waals surface area (Å²) in [6.45, 7) is 0. The normalized spacial score (nSPS) is 11.1. The minimum Gasteiger partial charge on any atom is -0.302 e. The number of anilines is 1. The van der Waals surface area contributed by atoms with Crippen LogP contribution in [0.15, 0.2) is 45.3 Å². The molecule has 0 aliphatic rings. The van der Waals surface area contributed by atoms with Crippen LogP contribution in [0.1, 0.15) is 5.69 Å². The van der Waals surface area contributed by atoms with Crippen LogP contribution >= 0.6 is 11.3 Å². The number of carbonyl (C=O) groups is 1. The molecule has 9 nitrogen and oxygen atoms in total. The number of rotatable bonds is 4. The topological polar surface area (TPSA) is 104 Å². The van der Waals surface area contributed by atoms with Gasteiger partial charge in [0, 0.05) is 32.1 Å². The van der Waals surface area contributed by atoms with E-state index in [1.165, 1.54) is 27.6 Å². The first-order chi connectivity index (χ1) is 13.9. The number of fused-ring (bicyclic) bond motifs is 1. The van der Waals surface area contributed by atoms with Crippen LogP contribution in [0.25, 0.3) is 22.3 Å². The van der Waals surface area contributed by atoms with Gasteiger partial charge in [-0.1, -0.05) is 30.3 Å². The number of hydrogen-bond acceptors (Lipinski definition) is 6. The number of thiazole rings is 1. The Bertz CT molecular complexity index is 1350. The molecule has 10 heteroatoms. The first kappa shape index (κ1) is 18.8. The molecule has 29 heavy (non-hydrogen) atoms. The van der Waals surface area contributed by atoms with Gasteiger partial charge >= 0.3 is 5.69 Å². The van der Waals surface area contributed by atoms with Crippen molar-refractivity contribution in [3.8, 4) is 11.3 Å². The first-order valence-corrected chi connectivity index (χ1v) is 9.67. The number of amides is 1.